The van der Waals surface area contributed by atoms with Crippen LogP contribution in [-0.2, 0) is 5.41 Å². The number of hydrogen-bond acceptors (Lipinski definition) is 1. The Kier molecular flexibility index (Phi) is 3.36. The summed E-state index contributed by atoms with van der Waals surface area (Å²) in [6.45, 7) is 8.92. The van der Waals surface area contributed by atoms with Crippen molar-refractivity contribution in [2.45, 2.75) is 39.0 Å². The third-order valence-corrected chi connectivity index (χ3v) is 4.15. The number of para-hydroxylation sites is 1. The van der Waals surface area contributed by atoms with Crippen molar-refractivity contribution in [2.75, 3.05) is 0 Å². The molecule has 108 valence electrons. The molecule has 0 fully saturated rings. The largest absolute Gasteiger partial charge is 0.460 e. The number of furan rings is 1. The van der Waals surface area contributed by atoms with Crippen LogP contribution in [0.25, 0.3) is 11.0 Å². The SMILES string of the molecule is CC(c1ccc(C(C)(C)C)cc1)c1cc2ccccc2o1. The molecule has 2 aromatic carbocycles. The summed E-state index contributed by atoms with van der Waals surface area (Å²) < 4.78 is 5.98. The molecule has 0 N–H and O–H groups in total. The molecule has 1 heteroatoms. The summed E-state index contributed by atoms with van der Waals surface area (Å²) in [5.74, 6) is 1.30. The van der Waals surface area contributed by atoms with Gasteiger partial charge in [-0.25, -0.2) is 0 Å². The molecule has 0 aliphatic rings. The third-order valence-electron chi connectivity index (χ3n) is 4.15. The average molecular weight is 278 g/mol. The number of benzene rings is 2. The first-order valence-electron chi connectivity index (χ1n) is 7.54. The van der Waals surface area contributed by atoms with Gasteiger partial charge in [0, 0.05) is 11.3 Å². The zero-order chi connectivity index (χ0) is 15.0. The van der Waals surface area contributed by atoms with Gasteiger partial charge in [-0.3, -0.25) is 0 Å². The Morgan fingerprint density at radius 1 is 0.905 bits per heavy atom. The Morgan fingerprint density at radius 3 is 2.19 bits per heavy atom. The quantitative estimate of drug-likeness (QED) is 0.570. The van der Waals surface area contributed by atoms with Crippen molar-refractivity contribution >= 4 is 11.0 Å². The minimum atomic E-state index is 0.196. The van der Waals surface area contributed by atoms with E-state index in [0.717, 1.165) is 11.3 Å². The predicted molar refractivity (Wildman–Crippen MR) is 88.9 cm³/mol. The Balaban J connectivity index is 1.92. The van der Waals surface area contributed by atoms with Gasteiger partial charge in [-0.05, 0) is 28.7 Å². The lowest BCUT2D eigenvalue weighted by Gasteiger charge is -2.20. The number of rotatable bonds is 2. The van der Waals surface area contributed by atoms with Gasteiger partial charge in [0.1, 0.15) is 11.3 Å². The van der Waals surface area contributed by atoms with E-state index in [0.29, 0.717) is 0 Å². The molecular formula is C20H22O. The number of hydrogen-bond donors (Lipinski definition) is 0. The molecule has 0 spiro atoms. The summed E-state index contributed by atoms with van der Waals surface area (Å²) >= 11 is 0. The van der Waals surface area contributed by atoms with E-state index in [9.17, 15) is 0 Å². The normalized spacial score (nSPS) is 13.5. The van der Waals surface area contributed by atoms with Crippen LogP contribution in [0.3, 0.4) is 0 Å². The molecule has 1 nitrogen and oxygen atoms in total. The third kappa shape index (κ3) is 2.73. The van der Waals surface area contributed by atoms with Gasteiger partial charge in [-0.15, -0.1) is 0 Å². The van der Waals surface area contributed by atoms with Crippen molar-refractivity contribution in [1.29, 1.82) is 0 Å². The maximum absolute atomic E-state index is 5.98. The fourth-order valence-corrected chi connectivity index (χ4v) is 2.65. The van der Waals surface area contributed by atoms with Crippen LogP contribution in [0.2, 0.25) is 0 Å². The second-order valence-electron chi connectivity index (χ2n) is 6.78. The molecule has 0 bridgehead atoms. The van der Waals surface area contributed by atoms with Crippen molar-refractivity contribution in [3.05, 3.63) is 71.5 Å². The summed E-state index contributed by atoms with van der Waals surface area (Å²) in [6, 6.07) is 19.2. The molecule has 0 radical (unpaired) electrons. The van der Waals surface area contributed by atoms with Crippen molar-refractivity contribution in [3.8, 4) is 0 Å². The monoisotopic (exact) mass is 278 g/mol. The molecule has 0 aliphatic carbocycles. The van der Waals surface area contributed by atoms with Gasteiger partial charge in [0.05, 0.1) is 0 Å². The van der Waals surface area contributed by atoms with Gasteiger partial charge in [-0.2, -0.15) is 0 Å². The van der Waals surface area contributed by atoms with Gasteiger partial charge in [0.2, 0.25) is 0 Å². The summed E-state index contributed by atoms with van der Waals surface area (Å²) in [5, 5.41) is 1.17. The lowest BCUT2D eigenvalue weighted by Crippen LogP contribution is -2.10. The maximum atomic E-state index is 5.98. The van der Waals surface area contributed by atoms with Crippen molar-refractivity contribution < 1.29 is 4.42 Å². The van der Waals surface area contributed by atoms with E-state index in [2.05, 4.69) is 64.1 Å². The highest BCUT2D eigenvalue weighted by Crippen LogP contribution is 2.31. The van der Waals surface area contributed by atoms with Crippen LogP contribution in [-0.4, -0.2) is 0 Å². The molecule has 1 heterocycles. The van der Waals surface area contributed by atoms with Crippen molar-refractivity contribution in [2.24, 2.45) is 0 Å². The van der Waals surface area contributed by atoms with Crippen LogP contribution in [0.15, 0.2) is 59.0 Å². The van der Waals surface area contributed by atoms with Crippen molar-refractivity contribution in [1.82, 2.24) is 0 Å². The summed E-state index contributed by atoms with van der Waals surface area (Å²) in [6.07, 6.45) is 0. The minimum Gasteiger partial charge on any atom is -0.460 e. The molecule has 1 unspecified atom stereocenters. The zero-order valence-electron chi connectivity index (χ0n) is 13.2. The van der Waals surface area contributed by atoms with Gasteiger partial charge >= 0.3 is 0 Å². The molecule has 1 aromatic heterocycles. The van der Waals surface area contributed by atoms with Gasteiger partial charge in [0.25, 0.3) is 0 Å². The molecule has 0 amide bonds. The van der Waals surface area contributed by atoms with E-state index in [-0.39, 0.29) is 11.3 Å². The molecular weight excluding hydrogens is 256 g/mol. The van der Waals surface area contributed by atoms with Gasteiger partial charge < -0.3 is 4.42 Å². The van der Waals surface area contributed by atoms with Gasteiger partial charge in [-0.1, -0.05) is 70.2 Å². The topological polar surface area (TPSA) is 13.1 Å². The standard InChI is InChI=1S/C20H22O/c1-14(15-9-11-17(12-10-15)20(2,3)4)19-13-16-7-5-6-8-18(16)21-19/h5-14H,1-4H3. The van der Waals surface area contributed by atoms with Gasteiger partial charge in [0.15, 0.2) is 0 Å². The molecule has 0 aliphatic heterocycles. The minimum absolute atomic E-state index is 0.196. The highest BCUT2D eigenvalue weighted by molar-refractivity contribution is 5.77. The van der Waals surface area contributed by atoms with E-state index in [1.165, 1.54) is 16.5 Å². The van der Waals surface area contributed by atoms with Crippen LogP contribution in [0, 0.1) is 0 Å². The van der Waals surface area contributed by atoms with E-state index in [1.54, 1.807) is 0 Å². The van der Waals surface area contributed by atoms with Crippen LogP contribution < -0.4 is 0 Å². The van der Waals surface area contributed by atoms with Crippen LogP contribution >= 0.6 is 0 Å². The smallest absolute Gasteiger partial charge is 0.134 e. The summed E-state index contributed by atoms with van der Waals surface area (Å²) in [5.41, 5.74) is 3.82. The first-order valence-corrected chi connectivity index (χ1v) is 7.54. The Bertz CT molecular complexity index is 708. The van der Waals surface area contributed by atoms with Crippen LogP contribution in [0.4, 0.5) is 0 Å². The van der Waals surface area contributed by atoms with Crippen LogP contribution in [0.1, 0.15) is 50.5 Å². The lowest BCUT2D eigenvalue weighted by molar-refractivity contribution is 0.532. The molecule has 3 aromatic rings. The molecule has 0 saturated heterocycles. The maximum Gasteiger partial charge on any atom is 0.134 e. The molecule has 3 rings (SSSR count). The average Bonchev–Trinajstić information content (AvgIpc) is 2.89. The Labute approximate surface area is 126 Å². The lowest BCUT2D eigenvalue weighted by atomic mass is 9.85. The predicted octanol–water partition coefficient (Wildman–Crippen LogP) is 5.88. The fourth-order valence-electron chi connectivity index (χ4n) is 2.65. The van der Waals surface area contributed by atoms with E-state index in [4.69, 9.17) is 4.42 Å². The summed E-state index contributed by atoms with van der Waals surface area (Å²) in [4.78, 5) is 0. The Morgan fingerprint density at radius 2 is 1.57 bits per heavy atom. The molecule has 1 atom stereocenters. The fraction of sp³-hybridized carbons (Fsp3) is 0.300. The van der Waals surface area contributed by atoms with E-state index >= 15 is 0 Å². The second-order valence-corrected chi connectivity index (χ2v) is 6.78. The molecule has 0 saturated carbocycles. The zero-order valence-corrected chi connectivity index (χ0v) is 13.2. The Hall–Kier alpha value is -2.02. The number of fused-ring (bicyclic) bond motifs is 1. The molecule has 21 heavy (non-hydrogen) atoms. The van der Waals surface area contributed by atoms with Crippen LogP contribution in [0.5, 0.6) is 0 Å². The highest BCUT2D eigenvalue weighted by Gasteiger charge is 2.16. The first kappa shape index (κ1) is 13.9. The summed E-state index contributed by atoms with van der Waals surface area (Å²) in [7, 11) is 0. The van der Waals surface area contributed by atoms with E-state index < -0.39 is 0 Å². The van der Waals surface area contributed by atoms with Crippen molar-refractivity contribution in [3.63, 3.8) is 0 Å². The highest BCUT2D eigenvalue weighted by atomic mass is 16.3. The first-order chi connectivity index (χ1) is 9.95. The second kappa shape index (κ2) is 5.07. The van der Waals surface area contributed by atoms with E-state index in [1.807, 2.05) is 18.2 Å².